The van der Waals surface area contributed by atoms with E-state index in [-0.39, 0.29) is 12.2 Å². The zero-order chi connectivity index (χ0) is 27.2. The minimum atomic E-state index is -0.833. The monoisotopic (exact) mass is 546 g/mol. The Hall–Kier alpha value is -4.08. The van der Waals surface area contributed by atoms with Crippen molar-refractivity contribution in [2.24, 2.45) is 4.99 Å². The molecule has 0 aliphatic carbocycles. The Kier molecular flexibility index (Phi) is 8.50. The van der Waals surface area contributed by atoms with Crippen LogP contribution in [0.15, 0.2) is 93.2 Å². The molecule has 2 aromatic heterocycles. The highest BCUT2D eigenvalue weighted by Crippen LogP contribution is 2.33. The molecule has 0 fully saturated rings. The van der Waals surface area contributed by atoms with Crippen molar-refractivity contribution in [1.82, 2.24) is 4.57 Å². The summed E-state index contributed by atoms with van der Waals surface area (Å²) in [4.78, 5) is 42.0. The molecule has 0 amide bonds. The smallest absolute Gasteiger partial charge is 0.338 e. The summed E-state index contributed by atoms with van der Waals surface area (Å²) in [5.41, 5.74) is 3.81. The van der Waals surface area contributed by atoms with Crippen molar-refractivity contribution >= 4 is 40.7 Å². The van der Waals surface area contributed by atoms with Crippen LogP contribution in [0.3, 0.4) is 0 Å². The number of carbonyl (C=O) groups excluding carboxylic acids is 1. The zero-order valence-corrected chi connectivity index (χ0v) is 22.7. The minimum absolute atomic E-state index is 0.158. The standard InChI is InChI=1S/C27H22N2O3S2.C2H4O2/c1-17-10-12-19(13-11-17)15-22-25(30)29-24(21-9-6-14-33-21)23(18(2)28-27(29)34-22)26(31)32-16-20-7-4-3-5-8-20;1-2(3)4/h3-15,24H,16H2,1-2H3;1H3,(H,3,4)/b22-15-;. The predicted octanol–water partition coefficient (Wildman–Crippen LogP) is 4.44. The Labute approximate surface area is 227 Å². The van der Waals surface area contributed by atoms with E-state index in [0.717, 1.165) is 28.5 Å². The van der Waals surface area contributed by atoms with Crippen molar-refractivity contribution < 1.29 is 19.4 Å². The summed E-state index contributed by atoms with van der Waals surface area (Å²) in [7, 11) is 0. The highest BCUT2D eigenvalue weighted by Gasteiger charge is 2.34. The predicted molar refractivity (Wildman–Crippen MR) is 149 cm³/mol. The summed E-state index contributed by atoms with van der Waals surface area (Å²) >= 11 is 2.84. The first kappa shape index (κ1) is 27.0. The number of aromatic nitrogens is 1. The number of thiophene rings is 1. The lowest BCUT2D eigenvalue weighted by Crippen LogP contribution is -2.39. The molecule has 4 aromatic rings. The molecule has 0 spiro atoms. The fourth-order valence-electron chi connectivity index (χ4n) is 3.91. The Morgan fingerprint density at radius 1 is 1.05 bits per heavy atom. The number of fused-ring (bicyclic) bond motifs is 1. The molecule has 2 aromatic carbocycles. The van der Waals surface area contributed by atoms with E-state index in [2.05, 4.69) is 4.99 Å². The maximum Gasteiger partial charge on any atom is 0.338 e. The number of carboxylic acid groups (broad SMARTS) is 1. The molecule has 7 nitrogen and oxygen atoms in total. The molecule has 9 heteroatoms. The Balaban J connectivity index is 0.000000786. The van der Waals surface area contributed by atoms with Crippen molar-refractivity contribution in [3.05, 3.63) is 125 Å². The number of hydrogen-bond acceptors (Lipinski definition) is 7. The summed E-state index contributed by atoms with van der Waals surface area (Å²) in [5, 5.41) is 9.36. The SMILES string of the molecule is CC(=O)O.CC1=C(C(=O)OCc2ccccc2)C(c2cccs2)n2c(s/c(=C\c3ccc(C)cc3)c2=O)=N1. The molecule has 0 bridgehead atoms. The van der Waals surface area contributed by atoms with Crippen LogP contribution in [0.2, 0.25) is 0 Å². The van der Waals surface area contributed by atoms with Gasteiger partial charge in [0, 0.05) is 11.8 Å². The highest BCUT2D eigenvalue weighted by atomic mass is 32.1. The second-order valence-electron chi connectivity index (χ2n) is 8.59. The Morgan fingerprint density at radius 2 is 1.74 bits per heavy atom. The molecule has 5 rings (SSSR count). The zero-order valence-electron chi connectivity index (χ0n) is 21.1. The molecule has 0 saturated carbocycles. The fraction of sp³-hybridized carbons (Fsp3) is 0.172. The van der Waals surface area contributed by atoms with Crippen LogP contribution < -0.4 is 14.9 Å². The number of aryl methyl sites for hydroxylation is 1. The number of benzene rings is 2. The Bertz CT molecular complexity index is 1640. The maximum atomic E-state index is 13.6. The normalized spacial score (nSPS) is 14.7. The van der Waals surface area contributed by atoms with Gasteiger partial charge >= 0.3 is 5.97 Å². The molecular formula is C29H26N2O5S2. The van der Waals surface area contributed by atoms with Gasteiger partial charge in [-0.05, 0) is 42.5 Å². The number of thiazole rings is 1. The van der Waals surface area contributed by atoms with Crippen LogP contribution in [0.4, 0.5) is 0 Å². The third kappa shape index (κ3) is 6.24. The number of hydrogen-bond donors (Lipinski definition) is 1. The molecule has 194 valence electrons. The van der Waals surface area contributed by atoms with E-state index in [1.165, 1.54) is 22.7 Å². The first-order valence-electron chi connectivity index (χ1n) is 11.8. The maximum absolute atomic E-state index is 13.6. The van der Waals surface area contributed by atoms with Crippen LogP contribution in [0.25, 0.3) is 6.08 Å². The van der Waals surface area contributed by atoms with E-state index in [9.17, 15) is 9.59 Å². The number of rotatable bonds is 5. The minimum Gasteiger partial charge on any atom is -0.481 e. The lowest BCUT2D eigenvalue weighted by atomic mass is 10.0. The van der Waals surface area contributed by atoms with Crippen LogP contribution >= 0.6 is 22.7 Å². The quantitative estimate of drug-likeness (QED) is 0.373. The van der Waals surface area contributed by atoms with E-state index < -0.39 is 18.0 Å². The third-order valence-corrected chi connectivity index (χ3v) is 7.55. The number of aliphatic carboxylic acids is 1. The largest absolute Gasteiger partial charge is 0.481 e. The average Bonchev–Trinajstić information content (AvgIpc) is 3.52. The van der Waals surface area contributed by atoms with Crippen molar-refractivity contribution in [3.63, 3.8) is 0 Å². The van der Waals surface area contributed by atoms with Gasteiger partial charge in [0.2, 0.25) is 0 Å². The number of esters is 1. The number of carbonyl (C=O) groups is 2. The van der Waals surface area contributed by atoms with Crippen LogP contribution in [-0.2, 0) is 20.9 Å². The summed E-state index contributed by atoms with van der Waals surface area (Å²) in [6.07, 6.45) is 1.88. The highest BCUT2D eigenvalue weighted by molar-refractivity contribution is 7.10. The van der Waals surface area contributed by atoms with Crippen LogP contribution in [-0.4, -0.2) is 21.6 Å². The molecule has 0 saturated heterocycles. The second-order valence-corrected chi connectivity index (χ2v) is 10.6. The second kappa shape index (κ2) is 12.0. The van der Waals surface area contributed by atoms with Gasteiger partial charge in [0.05, 0.1) is 15.8 Å². The molecule has 1 aliphatic rings. The van der Waals surface area contributed by atoms with Gasteiger partial charge in [-0.2, -0.15) is 0 Å². The first-order chi connectivity index (χ1) is 18.2. The summed E-state index contributed by atoms with van der Waals surface area (Å²) in [6.45, 7) is 5.07. The molecule has 38 heavy (non-hydrogen) atoms. The number of allylic oxidation sites excluding steroid dienone is 1. The number of carboxylic acids is 1. The summed E-state index contributed by atoms with van der Waals surface area (Å²) in [5.74, 6) is -1.30. The summed E-state index contributed by atoms with van der Waals surface area (Å²) < 4.78 is 7.87. The Morgan fingerprint density at radius 3 is 2.37 bits per heavy atom. The molecule has 1 unspecified atom stereocenters. The van der Waals surface area contributed by atoms with Crippen molar-refractivity contribution in [3.8, 4) is 0 Å². The van der Waals surface area contributed by atoms with E-state index in [1.807, 2.05) is 85.1 Å². The van der Waals surface area contributed by atoms with E-state index in [0.29, 0.717) is 20.6 Å². The molecule has 1 aliphatic heterocycles. The topological polar surface area (TPSA) is 98.0 Å². The van der Waals surface area contributed by atoms with Gasteiger partial charge in [-0.1, -0.05) is 77.6 Å². The van der Waals surface area contributed by atoms with Gasteiger partial charge < -0.3 is 9.84 Å². The van der Waals surface area contributed by atoms with Crippen LogP contribution in [0, 0.1) is 6.92 Å². The number of nitrogens with zero attached hydrogens (tertiary/aromatic N) is 2. The first-order valence-corrected chi connectivity index (χ1v) is 13.5. The van der Waals surface area contributed by atoms with Crippen molar-refractivity contribution in [2.45, 2.75) is 33.4 Å². The van der Waals surface area contributed by atoms with Gasteiger partial charge in [-0.3, -0.25) is 14.2 Å². The van der Waals surface area contributed by atoms with Gasteiger partial charge in [0.15, 0.2) is 4.80 Å². The van der Waals surface area contributed by atoms with Gasteiger partial charge in [-0.15, -0.1) is 11.3 Å². The van der Waals surface area contributed by atoms with Crippen molar-refractivity contribution in [1.29, 1.82) is 0 Å². The van der Waals surface area contributed by atoms with Crippen molar-refractivity contribution in [2.75, 3.05) is 0 Å². The van der Waals surface area contributed by atoms with Crippen LogP contribution in [0.5, 0.6) is 0 Å². The lowest BCUT2D eigenvalue weighted by Gasteiger charge is -2.23. The molecule has 0 radical (unpaired) electrons. The molecule has 1 atom stereocenters. The molecule has 1 N–H and O–H groups in total. The molecular weight excluding hydrogens is 520 g/mol. The van der Waals surface area contributed by atoms with Gasteiger partial charge in [0.1, 0.15) is 12.6 Å². The molecule has 3 heterocycles. The lowest BCUT2D eigenvalue weighted by molar-refractivity contribution is -0.141. The van der Waals surface area contributed by atoms with E-state index in [1.54, 1.807) is 11.5 Å². The van der Waals surface area contributed by atoms with Crippen LogP contribution in [0.1, 0.15) is 41.5 Å². The van der Waals surface area contributed by atoms with E-state index in [4.69, 9.17) is 14.6 Å². The van der Waals surface area contributed by atoms with E-state index >= 15 is 0 Å². The number of ether oxygens (including phenoxy) is 1. The van der Waals surface area contributed by atoms with Gasteiger partial charge in [0.25, 0.3) is 11.5 Å². The summed E-state index contributed by atoms with van der Waals surface area (Å²) in [6, 6.07) is 20.8. The fourth-order valence-corrected chi connectivity index (χ4v) is 5.78. The van der Waals surface area contributed by atoms with Gasteiger partial charge in [-0.25, -0.2) is 9.79 Å². The average molecular weight is 547 g/mol. The third-order valence-electron chi connectivity index (χ3n) is 5.64.